The molecule has 1 fully saturated rings. The van der Waals surface area contributed by atoms with Crippen LogP contribution < -0.4 is 5.32 Å². The topological polar surface area (TPSA) is 59.8 Å². The Morgan fingerprint density at radius 3 is 2.96 bits per heavy atom. The molecule has 1 N–H and O–H groups in total. The van der Waals surface area contributed by atoms with Crippen LogP contribution in [0.25, 0.3) is 0 Å². The van der Waals surface area contributed by atoms with E-state index in [2.05, 4.69) is 38.1 Å². The first-order valence-electron chi connectivity index (χ1n) is 9.24. The standard InChI is InChI=1S/C19H26N4OS2/c1-2-12-23-18(15-7-4-3-5-8-15)21-22-19(23)26-14-17(24)20-11-10-16-9-6-13-25-16/h2,6,9,13,15H,1,3-5,7-8,10-12,14H2,(H,20,24). The van der Waals surface area contributed by atoms with Crippen LogP contribution in [0, 0.1) is 0 Å². The summed E-state index contributed by atoms with van der Waals surface area (Å²) in [4.78, 5) is 13.4. The number of hydrogen-bond acceptors (Lipinski definition) is 5. The van der Waals surface area contributed by atoms with Gasteiger partial charge in [0.05, 0.1) is 5.75 Å². The Bertz CT molecular complexity index is 705. The van der Waals surface area contributed by atoms with Gasteiger partial charge in [-0.05, 0) is 30.7 Å². The number of allylic oxidation sites excluding steroid dienone is 1. The predicted octanol–water partition coefficient (Wildman–Crippen LogP) is 4.02. The Morgan fingerprint density at radius 2 is 2.23 bits per heavy atom. The highest BCUT2D eigenvalue weighted by molar-refractivity contribution is 7.99. The molecular formula is C19H26N4OS2. The minimum absolute atomic E-state index is 0.0407. The molecule has 7 heteroatoms. The summed E-state index contributed by atoms with van der Waals surface area (Å²) in [7, 11) is 0. The Labute approximate surface area is 163 Å². The number of amides is 1. The largest absolute Gasteiger partial charge is 0.355 e. The summed E-state index contributed by atoms with van der Waals surface area (Å²) in [6, 6.07) is 4.13. The molecule has 2 aromatic heterocycles. The van der Waals surface area contributed by atoms with Gasteiger partial charge < -0.3 is 9.88 Å². The molecule has 0 bridgehead atoms. The fourth-order valence-electron chi connectivity index (χ4n) is 3.33. The molecule has 3 rings (SSSR count). The number of thiophene rings is 1. The Kier molecular flexibility index (Phi) is 7.32. The summed E-state index contributed by atoms with van der Waals surface area (Å²) in [5.41, 5.74) is 0. The van der Waals surface area contributed by atoms with E-state index in [1.165, 1.54) is 48.7 Å². The molecule has 0 atom stereocenters. The lowest BCUT2D eigenvalue weighted by molar-refractivity contribution is -0.118. The third-order valence-electron chi connectivity index (χ3n) is 4.63. The molecule has 1 amide bonds. The zero-order valence-electron chi connectivity index (χ0n) is 15.0. The maximum Gasteiger partial charge on any atom is 0.230 e. The van der Waals surface area contributed by atoms with Gasteiger partial charge in [0, 0.05) is 23.9 Å². The van der Waals surface area contributed by atoms with E-state index in [-0.39, 0.29) is 5.91 Å². The van der Waals surface area contributed by atoms with Gasteiger partial charge >= 0.3 is 0 Å². The molecular weight excluding hydrogens is 364 g/mol. The lowest BCUT2D eigenvalue weighted by atomic mass is 9.89. The summed E-state index contributed by atoms with van der Waals surface area (Å²) >= 11 is 3.18. The van der Waals surface area contributed by atoms with E-state index in [4.69, 9.17) is 0 Å². The fourth-order valence-corrected chi connectivity index (χ4v) is 4.83. The van der Waals surface area contributed by atoms with Crippen molar-refractivity contribution >= 4 is 29.0 Å². The van der Waals surface area contributed by atoms with Gasteiger partial charge in [0.15, 0.2) is 5.16 Å². The normalized spacial score (nSPS) is 15.1. The third-order valence-corrected chi connectivity index (χ3v) is 6.54. The van der Waals surface area contributed by atoms with Gasteiger partial charge in [-0.25, -0.2) is 0 Å². The van der Waals surface area contributed by atoms with E-state index in [9.17, 15) is 4.79 Å². The van der Waals surface area contributed by atoms with Gasteiger partial charge in [0.1, 0.15) is 5.82 Å². The van der Waals surface area contributed by atoms with Crippen LogP contribution in [0.3, 0.4) is 0 Å². The molecule has 5 nitrogen and oxygen atoms in total. The van der Waals surface area contributed by atoms with Gasteiger partial charge in [0.25, 0.3) is 0 Å². The van der Waals surface area contributed by atoms with Crippen molar-refractivity contribution in [3.63, 3.8) is 0 Å². The number of carbonyl (C=O) groups excluding carboxylic acids is 1. The zero-order valence-corrected chi connectivity index (χ0v) is 16.7. The van der Waals surface area contributed by atoms with Crippen molar-refractivity contribution < 1.29 is 4.79 Å². The maximum absolute atomic E-state index is 12.1. The number of aromatic nitrogens is 3. The Morgan fingerprint density at radius 1 is 1.38 bits per heavy atom. The molecule has 0 radical (unpaired) electrons. The number of nitrogens with one attached hydrogen (secondary N) is 1. The van der Waals surface area contributed by atoms with Crippen LogP contribution in [0.4, 0.5) is 0 Å². The summed E-state index contributed by atoms with van der Waals surface area (Å²) in [5, 5.41) is 14.7. The lowest BCUT2D eigenvalue weighted by Gasteiger charge is -2.21. The second kappa shape index (κ2) is 9.92. The molecule has 1 saturated carbocycles. The summed E-state index contributed by atoms with van der Waals surface area (Å²) < 4.78 is 2.13. The Hall–Kier alpha value is -1.60. The second-order valence-corrected chi connectivity index (χ2v) is 8.52. The first-order valence-corrected chi connectivity index (χ1v) is 11.1. The summed E-state index contributed by atoms with van der Waals surface area (Å²) in [6.45, 7) is 5.23. The third kappa shape index (κ3) is 5.20. The number of nitrogens with zero attached hydrogens (tertiary/aromatic N) is 3. The van der Waals surface area contributed by atoms with Crippen molar-refractivity contribution in [1.29, 1.82) is 0 Å². The van der Waals surface area contributed by atoms with Gasteiger partial charge in [-0.3, -0.25) is 4.79 Å². The van der Waals surface area contributed by atoms with Crippen LogP contribution in [0.1, 0.15) is 48.7 Å². The summed E-state index contributed by atoms with van der Waals surface area (Å²) in [6.07, 6.45) is 8.97. The lowest BCUT2D eigenvalue weighted by Crippen LogP contribution is -2.27. The van der Waals surface area contributed by atoms with Gasteiger partial charge in [-0.15, -0.1) is 28.1 Å². The molecule has 1 aliphatic rings. The van der Waals surface area contributed by atoms with Crippen molar-refractivity contribution in [3.8, 4) is 0 Å². The summed E-state index contributed by atoms with van der Waals surface area (Å²) in [5.74, 6) is 1.96. The minimum Gasteiger partial charge on any atom is -0.355 e. The molecule has 0 aliphatic heterocycles. The average Bonchev–Trinajstić information content (AvgIpc) is 3.31. The molecule has 0 spiro atoms. The van der Waals surface area contributed by atoms with Crippen LogP contribution in [0.5, 0.6) is 0 Å². The number of hydrogen-bond donors (Lipinski definition) is 1. The molecule has 1 aliphatic carbocycles. The van der Waals surface area contributed by atoms with E-state index in [0.717, 1.165) is 17.4 Å². The first kappa shape index (κ1) is 19.2. The highest BCUT2D eigenvalue weighted by atomic mass is 32.2. The minimum atomic E-state index is 0.0407. The number of carbonyl (C=O) groups is 1. The van der Waals surface area contributed by atoms with Crippen molar-refractivity contribution in [2.75, 3.05) is 12.3 Å². The van der Waals surface area contributed by atoms with Gasteiger partial charge in [-0.1, -0.05) is 43.2 Å². The maximum atomic E-state index is 12.1. The highest BCUT2D eigenvalue weighted by Crippen LogP contribution is 2.33. The molecule has 26 heavy (non-hydrogen) atoms. The molecule has 2 aromatic rings. The van der Waals surface area contributed by atoms with E-state index in [0.29, 0.717) is 24.8 Å². The fraction of sp³-hybridized carbons (Fsp3) is 0.526. The second-order valence-electron chi connectivity index (χ2n) is 6.54. The van der Waals surface area contributed by atoms with Crippen LogP contribution >= 0.6 is 23.1 Å². The zero-order chi connectivity index (χ0) is 18.2. The van der Waals surface area contributed by atoms with Crippen LogP contribution in [-0.4, -0.2) is 33.0 Å². The highest BCUT2D eigenvalue weighted by Gasteiger charge is 2.23. The van der Waals surface area contributed by atoms with Crippen LogP contribution in [-0.2, 0) is 17.8 Å². The molecule has 2 heterocycles. The monoisotopic (exact) mass is 390 g/mol. The molecule has 0 aromatic carbocycles. The van der Waals surface area contributed by atoms with Crippen molar-refractivity contribution in [2.45, 2.75) is 56.1 Å². The quantitative estimate of drug-likeness (QED) is 0.519. The predicted molar refractivity (Wildman–Crippen MR) is 108 cm³/mol. The number of rotatable bonds is 9. The van der Waals surface area contributed by atoms with Crippen molar-refractivity contribution in [1.82, 2.24) is 20.1 Å². The number of thioether (sulfide) groups is 1. The molecule has 0 unspecified atom stereocenters. The SMILES string of the molecule is C=CCn1c(SCC(=O)NCCc2cccs2)nnc1C1CCCCC1. The molecule has 0 saturated heterocycles. The van der Waals surface area contributed by atoms with Gasteiger partial charge in [-0.2, -0.15) is 0 Å². The van der Waals surface area contributed by atoms with Gasteiger partial charge in [0.2, 0.25) is 5.91 Å². The van der Waals surface area contributed by atoms with Crippen molar-refractivity contribution in [3.05, 3.63) is 40.9 Å². The van der Waals surface area contributed by atoms with Crippen LogP contribution in [0.15, 0.2) is 35.3 Å². The molecule has 140 valence electrons. The smallest absolute Gasteiger partial charge is 0.230 e. The average molecular weight is 391 g/mol. The van der Waals surface area contributed by atoms with Crippen LogP contribution in [0.2, 0.25) is 0 Å². The van der Waals surface area contributed by atoms with E-state index >= 15 is 0 Å². The van der Waals surface area contributed by atoms with E-state index < -0.39 is 0 Å². The van der Waals surface area contributed by atoms with Crippen molar-refractivity contribution in [2.24, 2.45) is 0 Å². The first-order chi connectivity index (χ1) is 12.8. The van der Waals surface area contributed by atoms with E-state index in [1.807, 2.05) is 12.1 Å². The Balaban J connectivity index is 1.52. The van der Waals surface area contributed by atoms with E-state index in [1.54, 1.807) is 11.3 Å².